The Morgan fingerprint density at radius 3 is 2.37 bits per heavy atom. The second kappa shape index (κ2) is 9.95. The molecular weight excluding hydrogens is 402 g/mol. The van der Waals surface area contributed by atoms with Gasteiger partial charge in [0.15, 0.2) is 0 Å². The van der Waals surface area contributed by atoms with Crippen LogP contribution in [0.5, 0.6) is 5.75 Å². The molecule has 0 aliphatic heterocycles. The van der Waals surface area contributed by atoms with E-state index in [0.717, 1.165) is 6.54 Å². The maximum Gasteiger partial charge on any atom is 0.261 e. The highest BCUT2D eigenvalue weighted by molar-refractivity contribution is 7.92. The molecule has 0 saturated carbocycles. The van der Waals surface area contributed by atoms with E-state index in [9.17, 15) is 13.2 Å². The van der Waals surface area contributed by atoms with Crippen LogP contribution in [0.1, 0.15) is 31.1 Å². The van der Waals surface area contributed by atoms with Gasteiger partial charge >= 0.3 is 0 Å². The summed E-state index contributed by atoms with van der Waals surface area (Å²) < 4.78 is 33.2. The van der Waals surface area contributed by atoms with Gasteiger partial charge in [0.05, 0.1) is 11.5 Å². The number of carbonyl (C=O) groups is 1. The minimum Gasteiger partial charge on any atom is -0.494 e. The SMILES string of the molecule is CCOc1ccc(S(=O)(=O)Nc2cccc(C(=O)NCC(C)(C)CN(C)C)c2)cc1. The zero-order valence-corrected chi connectivity index (χ0v) is 19.0. The first kappa shape index (κ1) is 23.7. The number of hydrogen-bond acceptors (Lipinski definition) is 5. The van der Waals surface area contributed by atoms with Crippen LogP contribution >= 0.6 is 0 Å². The van der Waals surface area contributed by atoms with Gasteiger partial charge in [0.1, 0.15) is 5.75 Å². The third kappa shape index (κ3) is 7.03. The zero-order valence-electron chi connectivity index (χ0n) is 18.2. The van der Waals surface area contributed by atoms with Crippen molar-refractivity contribution in [1.29, 1.82) is 0 Å². The number of rotatable bonds is 10. The van der Waals surface area contributed by atoms with E-state index in [4.69, 9.17) is 4.74 Å². The fraction of sp³-hybridized carbons (Fsp3) is 0.409. The molecule has 0 spiro atoms. The molecule has 2 aromatic rings. The van der Waals surface area contributed by atoms with Crippen LogP contribution in [0, 0.1) is 5.41 Å². The summed E-state index contributed by atoms with van der Waals surface area (Å²) in [5, 5.41) is 2.93. The molecule has 0 unspecified atom stereocenters. The molecule has 2 aromatic carbocycles. The lowest BCUT2D eigenvalue weighted by atomic mass is 9.93. The van der Waals surface area contributed by atoms with Crippen molar-refractivity contribution in [3.8, 4) is 5.75 Å². The first-order chi connectivity index (χ1) is 14.0. The van der Waals surface area contributed by atoms with Crippen LogP contribution in [0.15, 0.2) is 53.4 Å². The fourth-order valence-corrected chi connectivity index (χ4v) is 4.20. The second-order valence-electron chi connectivity index (χ2n) is 8.18. The summed E-state index contributed by atoms with van der Waals surface area (Å²) >= 11 is 0. The van der Waals surface area contributed by atoms with Crippen molar-refractivity contribution in [2.45, 2.75) is 25.7 Å². The van der Waals surface area contributed by atoms with Crippen LogP contribution in [-0.2, 0) is 10.0 Å². The van der Waals surface area contributed by atoms with Crippen molar-refractivity contribution in [2.75, 3.05) is 38.5 Å². The Morgan fingerprint density at radius 1 is 1.10 bits per heavy atom. The Bertz CT molecular complexity index is 955. The van der Waals surface area contributed by atoms with E-state index in [1.165, 1.54) is 18.2 Å². The number of nitrogens with one attached hydrogen (secondary N) is 2. The van der Waals surface area contributed by atoms with Crippen molar-refractivity contribution in [1.82, 2.24) is 10.2 Å². The van der Waals surface area contributed by atoms with Crippen LogP contribution < -0.4 is 14.8 Å². The van der Waals surface area contributed by atoms with E-state index in [1.807, 2.05) is 21.0 Å². The average molecular weight is 434 g/mol. The molecule has 0 bridgehead atoms. The highest BCUT2D eigenvalue weighted by atomic mass is 32.2. The molecule has 0 aliphatic rings. The standard InChI is InChI=1S/C22H31N3O4S/c1-6-29-19-10-12-20(13-11-19)30(27,28)24-18-9-7-8-17(14-18)21(26)23-15-22(2,3)16-25(4)5/h7-14,24H,6,15-16H2,1-5H3,(H,23,26). The van der Waals surface area contributed by atoms with Gasteiger partial charge in [-0.15, -0.1) is 0 Å². The number of hydrogen-bond donors (Lipinski definition) is 2. The lowest BCUT2D eigenvalue weighted by Crippen LogP contribution is -2.39. The second-order valence-corrected chi connectivity index (χ2v) is 9.86. The predicted octanol–water partition coefficient (Wildman–Crippen LogP) is 3.20. The van der Waals surface area contributed by atoms with Crippen LogP contribution in [0.3, 0.4) is 0 Å². The minimum atomic E-state index is -3.78. The molecule has 164 valence electrons. The van der Waals surface area contributed by atoms with Gasteiger partial charge in [-0.05, 0) is 68.9 Å². The summed E-state index contributed by atoms with van der Waals surface area (Å²) in [4.78, 5) is 14.7. The number of benzene rings is 2. The quantitative estimate of drug-likeness (QED) is 0.601. The smallest absolute Gasteiger partial charge is 0.261 e. The molecule has 1 amide bonds. The van der Waals surface area contributed by atoms with Gasteiger partial charge in [-0.2, -0.15) is 0 Å². The molecule has 30 heavy (non-hydrogen) atoms. The predicted molar refractivity (Wildman–Crippen MR) is 120 cm³/mol. The largest absolute Gasteiger partial charge is 0.494 e. The molecule has 0 fully saturated rings. The Balaban J connectivity index is 2.08. The number of carbonyl (C=O) groups excluding carboxylic acids is 1. The van der Waals surface area contributed by atoms with E-state index < -0.39 is 10.0 Å². The molecule has 7 nitrogen and oxygen atoms in total. The molecule has 0 heterocycles. The number of nitrogens with zero attached hydrogens (tertiary/aromatic N) is 1. The summed E-state index contributed by atoms with van der Waals surface area (Å²) in [5.74, 6) is 0.358. The Labute approximate surface area is 179 Å². The van der Waals surface area contributed by atoms with E-state index in [-0.39, 0.29) is 16.2 Å². The van der Waals surface area contributed by atoms with Crippen molar-refractivity contribution < 1.29 is 17.9 Å². The van der Waals surface area contributed by atoms with Crippen molar-refractivity contribution in [3.63, 3.8) is 0 Å². The molecule has 0 atom stereocenters. The Morgan fingerprint density at radius 2 is 1.77 bits per heavy atom. The highest BCUT2D eigenvalue weighted by Crippen LogP contribution is 2.20. The number of anilines is 1. The van der Waals surface area contributed by atoms with Crippen LogP contribution in [0.2, 0.25) is 0 Å². The van der Waals surface area contributed by atoms with Gasteiger partial charge in [-0.1, -0.05) is 19.9 Å². The highest BCUT2D eigenvalue weighted by Gasteiger charge is 2.20. The Kier molecular flexibility index (Phi) is 7.86. The first-order valence-corrected chi connectivity index (χ1v) is 11.3. The van der Waals surface area contributed by atoms with Crippen molar-refractivity contribution in [3.05, 3.63) is 54.1 Å². The number of sulfonamides is 1. The van der Waals surface area contributed by atoms with Crippen LogP contribution in [0.4, 0.5) is 5.69 Å². The van der Waals surface area contributed by atoms with Gasteiger partial charge in [0.25, 0.3) is 15.9 Å². The van der Waals surface area contributed by atoms with Gasteiger partial charge in [-0.25, -0.2) is 8.42 Å². The zero-order chi connectivity index (χ0) is 22.4. The Hall–Kier alpha value is -2.58. The molecule has 8 heteroatoms. The molecule has 2 N–H and O–H groups in total. The molecule has 0 aromatic heterocycles. The fourth-order valence-electron chi connectivity index (χ4n) is 3.15. The number of amides is 1. The molecule has 0 saturated heterocycles. The van der Waals surface area contributed by atoms with Gasteiger partial charge in [-0.3, -0.25) is 9.52 Å². The van der Waals surface area contributed by atoms with Crippen molar-refractivity contribution >= 4 is 21.6 Å². The van der Waals surface area contributed by atoms with E-state index in [0.29, 0.717) is 30.2 Å². The maximum absolute atomic E-state index is 12.7. The third-order valence-electron chi connectivity index (χ3n) is 4.29. The summed E-state index contributed by atoms with van der Waals surface area (Å²) in [6.07, 6.45) is 0. The summed E-state index contributed by atoms with van der Waals surface area (Å²) in [6, 6.07) is 12.6. The lowest BCUT2D eigenvalue weighted by Gasteiger charge is -2.28. The van der Waals surface area contributed by atoms with E-state index >= 15 is 0 Å². The van der Waals surface area contributed by atoms with Gasteiger partial charge in [0, 0.05) is 24.3 Å². The average Bonchev–Trinajstić information content (AvgIpc) is 2.66. The lowest BCUT2D eigenvalue weighted by molar-refractivity contribution is 0.0929. The van der Waals surface area contributed by atoms with Crippen molar-refractivity contribution in [2.24, 2.45) is 5.41 Å². The van der Waals surface area contributed by atoms with E-state index in [2.05, 4.69) is 28.8 Å². The summed E-state index contributed by atoms with van der Waals surface area (Å²) in [6.45, 7) is 7.86. The topological polar surface area (TPSA) is 87.7 Å². The number of ether oxygens (including phenoxy) is 1. The normalized spacial score (nSPS) is 11.9. The van der Waals surface area contributed by atoms with Gasteiger partial charge < -0.3 is 15.0 Å². The summed E-state index contributed by atoms with van der Waals surface area (Å²) in [5.41, 5.74) is 0.623. The monoisotopic (exact) mass is 433 g/mol. The minimum absolute atomic E-state index is 0.0913. The molecule has 0 aliphatic carbocycles. The van der Waals surface area contributed by atoms with Gasteiger partial charge in [0.2, 0.25) is 0 Å². The van der Waals surface area contributed by atoms with E-state index in [1.54, 1.807) is 30.3 Å². The summed E-state index contributed by atoms with van der Waals surface area (Å²) in [7, 11) is 0.200. The molecular formula is C22H31N3O4S. The molecule has 0 radical (unpaired) electrons. The maximum atomic E-state index is 12.7. The third-order valence-corrected chi connectivity index (χ3v) is 5.69. The van der Waals surface area contributed by atoms with Crippen LogP contribution in [-0.4, -0.2) is 53.0 Å². The van der Waals surface area contributed by atoms with Crippen LogP contribution in [0.25, 0.3) is 0 Å². The molecule has 2 rings (SSSR count). The first-order valence-electron chi connectivity index (χ1n) is 9.81.